The van der Waals surface area contributed by atoms with Crippen molar-refractivity contribution in [3.63, 3.8) is 0 Å². The van der Waals surface area contributed by atoms with Gasteiger partial charge in [-0.1, -0.05) is 18.1 Å². The number of benzene rings is 1. The number of hydrogen-bond donors (Lipinski definition) is 3. The summed E-state index contributed by atoms with van der Waals surface area (Å²) in [6, 6.07) is 14.1. The first kappa shape index (κ1) is 21.7. The monoisotopic (exact) mass is 467 g/mol. The molecule has 4 N–H and O–H groups in total. The largest absolute Gasteiger partial charge is 0.507 e. The van der Waals surface area contributed by atoms with E-state index in [0.717, 1.165) is 56.8 Å². The Morgan fingerprint density at radius 3 is 2.63 bits per heavy atom. The lowest BCUT2D eigenvalue weighted by atomic mass is 10.1. The number of aromatic nitrogens is 3. The zero-order valence-electron chi connectivity index (χ0n) is 19.6. The summed E-state index contributed by atoms with van der Waals surface area (Å²) >= 11 is 0. The van der Waals surface area contributed by atoms with Crippen LogP contribution in [-0.4, -0.2) is 58.6 Å². The number of pyridine rings is 1. The Hall–Kier alpha value is -3.83. The predicted octanol–water partition coefficient (Wildman–Crippen LogP) is 2.65. The second kappa shape index (κ2) is 9.08. The number of anilines is 3. The first-order valence-electron chi connectivity index (χ1n) is 12.3. The molecule has 1 aromatic carbocycles. The fourth-order valence-electron chi connectivity index (χ4n) is 5.59. The molecular weight excluding hydrogens is 438 g/mol. The van der Waals surface area contributed by atoms with Gasteiger partial charge >= 0.3 is 0 Å². The van der Waals surface area contributed by atoms with Gasteiger partial charge in [-0.2, -0.15) is 0 Å². The molecule has 3 unspecified atom stereocenters. The third kappa shape index (κ3) is 4.24. The molecule has 3 saturated heterocycles. The highest BCUT2D eigenvalue weighted by molar-refractivity contribution is 5.74. The van der Waals surface area contributed by atoms with E-state index in [1.807, 2.05) is 24.4 Å². The molecule has 3 aliphatic rings. The Morgan fingerprint density at radius 1 is 1.03 bits per heavy atom. The Balaban J connectivity index is 1.23. The fraction of sp³-hybridized carbons (Fsp3) is 0.370. The first-order chi connectivity index (χ1) is 17.2. The minimum Gasteiger partial charge on any atom is -0.507 e. The van der Waals surface area contributed by atoms with Crippen molar-refractivity contribution in [3.05, 3.63) is 54.4 Å². The predicted molar refractivity (Wildman–Crippen MR) is 137 cm³/mol. The number of aromatic hydroxyl groups is 1. The molecule has 0 amide bonds. The van der Waals surface area contributed by atoms with Crippen LogP contribution in [0.5, 0.6) is 5.75 Å². The van der Waals surface area contributed by atoms with Crippen molar-refractivity contribution in [2.75, 3.05) is 41.7 Å². The van der Waals surface area contributed by atoms with Gasteiger partial charge in [0.25, 0.3) is 0 Å². The number of fused-ring (bicyclic) bond motifs is 2. The molecule has 3 aromatic rings. The highest BCUT2D eigenvalue weighted by atomic mass is 16.3. The summed E-state index contributed by atoms with van der Waals surface area (Å²) in [5, 5.41) is 22.1. The van der Waals surface area contributed by atoms with Gasteiger partial charge in [0.15, 0.2) is 5.82 Å². The van der Waals surface area contributed by atoms with E-state index < -0.39 is 0 Å². The second-order valence-electron chi connectivity index (χ2n) is 9.57. The maximum absolute atomic E-state index is 10.3. The van der Waals surface area contributed by atoms with Crippen molar-refractivity contribution >= 4 is 17.2 Å². The van der Waals surface area contributed by atoms with E-state index in [9.17, 15) is 5.11 Å². The molecule has 178 valence electrons. The molecule has 35 heavy (non-hydrogen) atoms. The van der Waals surface area contributed by atoms with Crippen molar-refractivity contribution in [2.45, 2.75) is 31.3 Å². The zero-order valence-corrected chi connectivity index (χ0v) is 19.6. The molecule has 6 rings (SSSR count). The van der Waals surface area contributed by atoms with Gasteiger partial charge in [0.05, 0.1) is 11.4 Å². The maximum atomic E-state index is 10.3. The van der Waals surface area contributed by atoms with Crippen LogP contribution in [0, 0.1) is 17.8 Å². The quantitative estimate of drug-likeness (QED) is 0.505. The topological polar surface area (TPSA) is 103 Å². The Labute approximate surface area is 205 Å². The molecule has 8 heteroatoms. The minimum absolute atomic E-state index is 0.184. The maximum Gasteiger partial charge on any atom is 0.169 e. The van der Waals surface area contributed by atoms with Gasteiger partial charge in [-0.15, -0.1) is 10.2 Å². The summed E-state index contributed by atoms with van der Waals surface area (Å²) in [5.74, 6) is 7.69. The summed E-state index contributed by atoms with van der Waals surface area (Å²) in [6.45, 7) is 3.72. The van der Waals surface area contributed by atoms with E-state index >= 15 is 0 Å². The lowest BCUT2D eigenvalue weighted by Gasteiger charge is -2.43. The van der Waals surface area contributed by atoms with Crippen molar-refractivity contribution in [3.8, 4) is 28.8 Å². The molecule has 8 nitrogen and oxygen atoms in total. The second-order valence-corrected chi connectivity index (χ2v) is 9.57. The van der Waals surface area contributed by atoms with Gasteiger partial charge in [0, 0.05) is 55.1 Å². The highest BCUT2D eigenvalue weighted by Gasteiger charge is 2.40. The molecule has 0 spiro atoms. The van der Waals surface area contributed by atoms with Crippen molar-refractivity contribution in [1.29, 1.82) is 0 Å². The lowest BCUT2D eigenvalue weighted by molar-refractivity contribution is 0.477. The molecule has 2 bridgehead atoms. The summed E-state index contributed by atoms with van der Waals surface area (Å²) in [5.41, 5.74) is 10.5. The number of nitrogens with zero attached hydrogens (tertiary/aromatic N) is 5. The lowest BCUT2D eigenvalue weighted by Crippen LogP contribution is -2.54. The normalized spacial score (nSPS) is 23.3. The number of nitrogens with one attached hydrogen (secondary N) is 1. The molecule has 0 radical (unpaired) electrons. The summed E-state index contributed by atoms with van der Waals surface area (Å²) in [7, 11) is 0. The van der Waals surface area contributed by atoms with Crippen LogP contribution in [0.3, 0.4) is 0 Å². The van der Waals surface area contributed by atoms with Gasteiger partial charge in [0.1, 0.15) is 11.4 Å². The third-order valence-electron chi connectivity index (χ3n) is 7.31. The van der Waals surface area contributed by atoms with E-state index in [4.69, 9.17) is 5.73 Å². The van der Waals surface area contributed by atoms with E-state index in [0.29, 0.717) is 35.1 Å². The van der Waals surface area contributed by atoms with Crippen LogP contribution in [0.2, 0.25) is 0 Å². The Kier molecular flexibility index (Phi) is 5.63. The number of rotatable bonds is 3. The van der Waals surface area contributed by atoms with Gasteiger partial charge < -0.3 is 26.0 Å². The van der Waals surface area contributed by atoms with E-state index in [2.05, 4.69) is 54.3 Å². The summed E-state index contributed by atoms with van der Waals surface area (Å²) in [6.07, 6.45) is 5.24. The van der Waals surface area contributed by atoms with Crippen LogP contribution in [0.4, 0.5) is 17.2 Å². The van der Waals surface area contributed by atoms with Crippen LogP contribution in [0.25, 0.3) is 11.3 Å². The summed E-state index contributed by atoms with van der Waals surface area (Å²) < 4.78 is 0. The van der Waals surface area contributed by atoms with Gasteiger partial charge in [-0.25, -0.2) is 4.98 Å². The van der Waals surface area contributed by atoms with Crippen molar-refractivity contribution in [1.82, 2.24) is 20.5 Å². The van der Waals surface area contributed by atoms with Crippen LogP contribution < -0.4 is 20.9 Å². The number of phenolic OH excluding ortho intramolecular Hbond substituents is 1. The molecule has 0 aliphatic carbocycles. The van der Waals surface area contributed by atoms with Crippen LogP contribution in [0.1, 0.15) is 25.0 Å². The number of hydrogen-bond acceptors (Lipinski definition) is 8. The third-order valence-corrected chi connectivity index (χ3v) is 7.31. The van der Waals surface area contributed by atoms with Gasteiger partial charge in [0.2, 0.25) is 0 Å². The Morgan fingerprint density at radius 2 is 1.86 bits per heavy atom. The smallest absolute Gasteiger partial charge is 0.169 e. The molecule has 0 saturated carbocycles. The number of phenols is 1. The molecule has 3 atom stereocenters. The molecule has 5 heterocycles. The first-order valence-corrected chi connectivity index (χ1v) is 12.3. The van der Waals surface area contributed by atoms with Crippen LogP contribution in [-0.2, 0) is 0 Å². The SMILES string of the molecule is Nc1nnc(-c2ccccc2O)cc1N1CC2CCC(C1)N2c1ccnc(C#CC2CCNC2)c1. The average molecular weight is 468 g/mol. The van der Waals surface area contributed by atoms with Crippen molar-refractivity contribution < 1.29 is 5.11 Å². The van der Waals surface area contributed by atoms with Crippen LogP contribution in [0.15, 0.2) is 48.7 Å². The number of piperazine rings is 1. The fourth-order valence-corrected chi connectivity index (χ4v) is 5.59. The standard InChI is InChI=1S/C27H29N7O/c28-27-25(14-24(31-32-27)23-3-1-2-4-26(23)35)33-16-21-7-8-22(17-33)34(21)20-10-12-30-19(13-20)6-5-18-9-11-29-15-18/h1-4,10,12-14,18,21-22,29,35H,7-9,11,15-17H2,(H2,28,32). The average Bonchev–Trinajstić information content (AvgIpc) is 3.49. The van der Waals surface area contributed by atoms with Crippen LogP contribution >= 0.6 is 0 Å². The van der Waals surface area contributed by atoms with E-state index in [-0.39, 0.29) is 5.75 Å². The minimum atomic E-state index is 0.184. The highest BCUT2D eigenvalue weighted by Crippen LogP contribution is 2.38. The molecule has 3 fully saturated rings. The summed E-state index contributed by atoms with van der Waals surface area (Å²) in [4.78, 5) is 9.36. The number of nitrogens with two attached hydrogens (primary N) is 1. The zero-order chi connectivity index (χ0) is 23.8. The van der Waals surface area contributed by atoms with Gasteiger partial charge in [-0.05, 0) is 62.1 Å². The molecule has 2 aromatic heterocycles. The Bertz CT molecular complexity index is 1280. The van der Waals surface area contributed by atoms with Crippen molar-refractivity contribution in [2.24, 2.45) is 5.92 Å². The van der Waals surface area contributed by atoms with E-state index in [1.165, 1.54) is 5.69 Å². The number of para-hydroxylation sites is 1. The van der Waals surface area contributed by atoms with Gasteiger partial charge in [-0.3, -0.25) is 0 Å². The number of nitrogen functional groups attached to an aromatic ring is 1. The molecule has 3 aliphatic heterocycles. The van der Waals surface area contributed by atoms with E-state index in [1.54, 1.807) is 12.1 Å². The molecular formula is C27H29N7O.